The van der Waals surface area contributed by atoms with Crippen LogP contribution in [0, 0.1) is 11.8 Å². The SMILES string of the molecule is F[B-](F)(F)C1C2CCC(C2)C1c1ccccc1.[K+]. The molecule has 0 heterocycles. The predicted molar refractivity (Wildman–Crippen MR) is 62.8 cm³/mol. The van der Waals surface area contributed by atoms with E-state index in [2.05, 4.69) is 0 Å². The first-order valence-corrected chi connectivity index (χ1v) is 6.32. The fourth-order valence-electron chi connectivity index (χ4n) is 4.05. The third kappa shape index (κ3) is 2.62. The van der Waals surface area contributed by atoms with Crippen LogP contribution in [0.3, 0.4) is 0 Å². The summed E-state index contributed by atoms with van der Waals surface area (Å²) in [4.78, 5) is 0. The molecule has 0 radical (unpaired) electrons. The Morgan fingerprint density at radius 2 is 1.56 bits per heavy atom. The van der Waals surface area contributed by atoms with Crippen molar-refractivity contribution in [1.82, 2.24) is 0 Å². The van der Waals surface area contributed by atoms with E-state index in [1.165, 1.54) is 0 Å². The summed E-state index contributed by atoms with van der Waals surface area (Å²) in [6, 6.07) is 9.29. The molecule has 2 aliphatic carbocycles. The fraction of sp³-hybridized carbons (Fsp3) is 0.538. The standard InChI is InChI=1S/C13H15BF3.K/c15-14(16,17)13-11-7-6-10(8-11)12(13)9-4-2-1-3-5-9;/h1-5,10-13H,6-8H2;/q-1;+1. The molecule has 0 nitrogen and oxygen atoms in total. The van der Waals surface area contributed by atoms with Gasteiger partial charge in [-0.3, -0.25) is 0 Å². The fourth-order valence-corrected chi connectivity index (χ4v) is 4.05. The molecule has 2 fully saturated rings. The smallest absolute Gasteiger partial charge is 0.449 e. The van der Waals surface area contributed by atoms with Gasteiger partial charge in [-0.05, 0) is 30.2 Å². The Morgan fingerprint density at radius 3 is 2.17 bits per heavy atom. The van der Waals surface area contributed by atoms with Gasteiger partial charge in [0.1, 0.15) is 0 Å². The van der Waals surface area contributed by atoms with Crippen LogP contribution in [0.2, 0.25) is 5.82 Å². The molecule has 5 heteroatoms. The molecular weight excluding hydrogens is 263 g/mol. The van der Waals surface area contributed by atoms with Gasteiger partial charge >= 0.3 is 58.4 Å². The number of halogens is 3. The van der Waals surface area contributed by atoms with E-state index in [9.17, 15) is 12.9 Å². The Kier molecular flexibility index (Phi) is 4.70. The molecule has 2 saturated carbocycles. The average molecular weight is 278 g/mol. The van der Waals surface area contributed by atoms with Gasteiger partial charge in [0.2, 0.25) is 0 Å². The van der Waals surface area contributed by atoms with Gasteiger partial charge in [-0.25, -0.2) is 0 Å². The van der Waals surface area contributed by atoms with Crippen molar-refractivity contribution in [2.75, 3.05) is 0 Å². The first-order chi connectivity index (χ1) is 8.07. The normalized spacial score (nSPS) is 34.4. The molecule has 0 spiro atoms. The van der Waals surface area contributed by atoms with Crippen LogP contribution in [0.1, 0.15) is 30.7 Å². The maximum atomic E-state index is 13.2. The van der Waals surface area contributed by atoms with E-state index in [4.69, 9.17) is 0 Å². The summed E-state index contributed by atoms with van der Waals surface area (Å²) in [6.45, 7) is -4.71. The average Bonchev–Trinajstić information content (AvgIpc) is 2.88. The molecule has 0 aromatic heterocycles. The largest absolute Gasteiger partial charge is 1.00 e. The first kappa shape index (κ1) is 15.1. The summed E-state index contributed by atoms with van der Waals surface area (Å²) in [6.07, 6.45) is 2.54. The molecule has 0 amide bonds. The quantitative estimate of drug-likeness (QED) is 0.718. The molecule has 18 heavy (non-hydrogen) atoms. The van der Waals surface area contributed by atoms with Crippen molar-refractivity contribution in [3.63, 3.8) is 0 Å². The Hall–Kier alpha value is 0.711. The van der Waals surface area contributed by atoms with Crippen molar-refractivity contribution < 1.29 is 64.3 Å². The Morgan fingerprint density at radius 1 is 0.944 bits per heavy atom. The third-order valence-electron chi connectivity index (χ3n) is 4.60. The zero-order valence-electron chi connectivity index (χ0n) is 10.5. The van der Waals surface area contributed by atoms with Crippen molar-refractivity contribution in [3.05, 3.63) is 35.9 Å². The molecule has 0 aliphatic heterocycles. The second-order valence-electron chi connectivity index (χ2n) is 5.47. The van der Waals surface area contributed by atoms with Gasteiger partial charge in [0.15, 0.2) is 0 Å². The van der Waals surface area contributed by atoms with E-state index in [1.54, 1.807) is 0 Å². The van der Waals surface area contributed by atoms with Gasteiger partial charge in [0, 0.05) is 0 Å². The van der Waals surface area contributed by atoms with E-state index < -0.39 is 12.8 Å². The molecule has 92 valence electrons. The summed E-state index contributed by atoms with van der Waals surface area (Å²) in [5.41, 5.74) is 0.893. The van der Waals surface area contributed by atoms with Crippen LogP contribution >= 0.6 is 0 Å². The van der Waals surface area contributed by atoms with E-state index in [-0.39, 0.29) is 69.1 Å². The molecule has 2 aliphatic rings. The number of benzene rings is 1. The van der Waals surface area contributed by atoms with Crippen LogP contribution in [0.15, 0.2) is 30.3 Å². The molecule has 1 aromatic rings. The predicted octanol–water partition coefficient (Wildman–Crippen LogP) is 1.42. The van der Waals surface area contributed by atoms with Crippen LogP contribution in [0.5, 0.6) is 0 Å². The maximum absolute atomic E-state index is 13.2. The Balaban J connectivity index is 0.00000120. The summed E-state index contributed by atoms with van der Waals surface area (Å²) in [5.74, 6) is -1.16. The molecule has 0 saturated heterocycles. The van der Waals surface area contributed by atoms with E-state index >= 15 is 0 Å². The van der Waals surface area contributed by atoms with Gasteiger partial charge in [0.05, 0.1) is 0 Å². The van der Waals surface area contributed by atoms with Gasteiger partial charge in [-0.2, -0.15) is 0 Å². The summed E-state index contributed by atoms with van der Waals surface area (Å²) >= 11 is 0. The van der Waals surface area contributed by atoms with Crippen LogP contribution in [0.4, 0.5) is 12.9 Å². The van der Waals surface area contributed by atoms with Crippen molar-refractivity contribution in [2.45, 2.75) is 31.0 Å². The van der Waals surface area contributed by atoms with E-state index in [1.807, 2.05) is 30.3 Å². The molecule has 4 atom stereocenters. The number of hydrogen-bond donors (Lipinski definition) is 0. The minimum Gasteiger partial charge on any atom is -0.449 e. The Labute approximate surface area is 148 Å². The zero-order chi connectivity index (χ0) is 12.0. The summed E-state index contributed by atoms with van der Waals surface area (Å²) < 4.78 is 39.6. The number of hydrogen-bond acceptors (Lipinski definition) is 0. The summed E-state index contributed by atoms with van der Waals surface area (Å²) in [7, 11) is 0. The van der Waals surface area contributed by atoms with Crippen molar-refractivity contribution in [3.8, 4) is 0 Å². The number of rotatable bonds is 2. The molecular formula is C13H15BF3K. The molecule has 2 bridgehead atoms. The summed E-state index contributed by atoms with van der Waals surface area (Å²) in [5, 5.41) is 0. The van der Waals surface area contributed by atoms with Crippen LogP contribution in [-0.4, -0.2) is 6.98 Å². The van der Waals surface area contributed by atoms with Crippen molar-refractivity contribution >= 4 is 6.98 Å². The molecule has 3 rings (SSSR count). The van der Waals surface area contributed by atoms with Crippen molar-refractivity contribution in [2.24, 2.45) is 11.8 Å². The van der Waals surface area contributed by atoms with E-state index in [0.717, 1.165) is 24.8 Å². The second-order valence-corrected chi connectivity index (χ2v) is 5.47. The maximum Gasteiger partial charge on any atom is 1.00 e. The van der Waals surface area contributed by atoms with Crippen LogP contribution in [0.25, 0.3) is 0 Å². The van der Waals surface area contributed by atoms with Gasteiger partial charge in [-0.15, -0.1) is 0 Å². The minimum absolute atomic E-state index is 0. The van der Waals surface area contributed by atoms with Crippen LogP contribution < -0.4 is 51.4 Å². The van der Waals surface area contributed by atoms with Gasteiger partial charge < -0.3 is 12.9 Å². The third-order valence-corrected chi connectivity index (χ3v) is 4.60. The zero-order valence-corrected chi connectivity index (χ0v) is 13.7. The van der Waals surface area contributed by atoms with Crippen LogP contribution in [-0.2, 0) is 0 Å². The topological polar surface area (TPSA) is 0 Å². The van der Waals surface area contributed by atoms with Gasteiger partial charge in [0.25, 0.3) is 0 Å². The minimum atomic E-state index is -4.71. The van der Waals surface area contributed by atoms with Crippen molar-refractivity contribution in [1.29, 1.82) is 0 Å². The number of fused-ring (bicyclic) bond motifs is 2. The second kappa shape index (κ2) is 5.60. The molecule has 0 N–H and O–H groups in total. The van der Waals surface area contributed by atoms with Gasteiger partial charge in [-0.1, -0.05) is 48.5 Å². The van der Waals surface area contributed by atoms with E-state index in [0.29, 0.717) is 0 Å². The first-order valence-electron chi connectivity index (χ1n) is 6.32. The molecule has 1 aromatic carbocycles. The molecule has 4 unspecified atom stereocenters. The Bertz CT molecular complexity index is 406. The monoisotopic (exact) mass is 278 g/mol.